The maximum absolute atomic E-state index is 12.9. The van der Waals surface area contributed by atoms with Crippen molar-refractivity contribution in [2.24, 2.45) is 0 Å². The SMILES string of the molecule is COc1ccc2c(=O)c(-c3cc4c(cc3OC)OCO4)coc2c1. The molecule has 1 aliphatic rings. The van der Waals surface area contributed by atoms with Gasteiger partial charge >= 0.3 is 0 Å². The summed E-state index contributed by atoms with van der Waals surface area (Å²) in [5.74, 6) is 2.30. The fourth-order valence-electron chi connectivity index (χ4n) is 2.72. The molecule has 0 radical (unpaired) electrons. The van der Waals surface area contributed by atoms with Crippen LogP contribution in [0.25, 0.3) is 22.1 Å². The molecule has 1 aliphatic heterocycles. The third-order valence-electron chi connectivity index (χ3n) is 3.97. The van der Waals surface area contributed by atoms with Gasteiger partial charge in [-0.3, -0.25) is 4.79 Å². The predicted octanol–water partition coefficient (Wildman–Crippen LogP) is 3.21. The summed E-state index contributed by atoms with van der Waals surface area (Å²) < 4.78 is 26.9. The molecule has 3 aromatic rings. The third-order valence-corrected chi connectivity index (χ3v) is 3.97. The molecule has 4 rings (SSSR count). The van der Waals surface area contributed by atoms with Gasteiger partial charge in [-0.15, -0.1) is 0 Å². The second-order valence-corrected chi connectivity index (χ2v) is 5.25. The highest BCUT2D eigenvalue weighted by molar-refractivity contribution is 5.84. The lowest BCUT2D eigenvalue weighted by molar-refractivity contribution is 0.174. The summed E-state index contributed by atoms with van der Waals surface area (Å²) in [7, 11) is 3.10. The monoisotopic (exact) mass is 326 g/mol. The Morgan fingerprint density at radius 1 is 0.958 bits per heavy atom. The molecule has 1 aromatic heterocycles. The lowest BCUT2D eigenvalue weighted by Gasteiger charge is -2.10. The quantitative estimate of drug-likeness (QED) is 0.736. The minimum absolute atomic E-state index is 0.147. The van der Waals surface area contributed by atoms with Gasteiger partial charge in [0.1, 0.15) is 23.3 Å². The summed E-state index contributed by atoms with van der Waals surface area (Å²) in [6.07, 6.45) is 1.42. The molecule has 0 N–H and O–H groups in total. The maximum Gasteiger partial charge on any atom is 0.231 e. The number of hydrogen-bond acceptors (Lipinski definition) is 6. The van der Waals surface area contributed by atoms with E-state index in [1.165, 1.54) is 13.4 Å². The molecular weight excluding hydrogens is 312 g/mol. The summed E-state index contributed by atoms with van der Waals surface area (Å²) in [4.78, 5) is 12.9. The Kier molecular flexibility index (Phi) is 3.30. The van der Waals surface area contributed by atoms with E-state index in [2.05, 4.69) is 0 Å². The molecule has 0 saturated carbocycles. The van der Waals surface area contributed by atoms with Crippen LogP contribution in [0.2, 0.25) is 0 Å². The number of methoxy groups -OCH3 is 2. The molecule has 2 heterocycles. The Balaban J connectivity index is 1.94. The highest BCUT2D eigenvalue weighted by atomic mass is 16.7. The van der Waals surface area contributed by atoms with Crippen molar-refractivity contribution in [2.45, 2.75) is 0 Å². The van der Waals surface area contributed by atoms with Crippen molar-refractivity contribution in [3.05, 3.63) is 46.8 Å². The van der Waals surface area contributed by atoms with E-state index in [1.54, 1.807) is 37.4 Å². The zero-order valence-electron chi connectivity index (χ0n) is 13.1. The number of benzene rings is 2. The average Bonchev–Trinajstić information content (AvgIpc) is 3.08. The van der Waals surface area contributed by atoms with E-state index < -0.39 is 0 Å². The molecule has 24 heavy (non-hydrogen) atoms. The number of ether oxygens (including phenoxy) is 4. The summed E-state index contributed by atoms with van der Waals surface area (Å²) in [6.45, 7) is 0.147. The van der Waals surface area contributed by atoms with Crippen LogP contribution >= 0.6 is 0 Å². The van der Waals surface area contributed by atoms with Crippen LogP contribution in [-0.2, 0) is 0 Å². The highest BCUT2D eigenvalue weighted by Crippen LogP contribution is 2.42. The lowest BCUT2D eigenvalue weighted by Crippen LogP contribution is -2.05. The second-order valence-electron chi connectivity index (χ2n) is 5.25. The predicted molar refractivity (Wildman–Crippen MR) is 87.1 cm³/mol. The molecule has 0 spiro atoms. The van der Waals surface area contributed by atoms with E-state index in [-0.39, 0.29) is 12.2 Å². The maximum atomic E-state index is 12.9. The lowest BCUT2D eigenvalue weighted by atomic mass is 10.0. The summed E-state index contributed by atoms with van der Waals surface area (Å²) in [5, 5.41) is 0.466. The first kappa shape index (κ1) is 14.4. The van der Waals surface area contributed by atoms with Crippen LogP contribution in [0.5, 0.6) is 23.0 Å². The third kappa shape index (κ3) is 2.15. The van der Waals surface area contributed by atoms with E-state index in [9.17, 15) is 4.79 Å². The standard InChI is InChI=1S/C18H14O6/c1-20-10-3-4-11-15(5-10)22-8-13(18(11)19)12-6-16-17(24-9-23-16)7-14(12)21-2/h3-8H,9H2,1-2H3. The molecule has 2 aromatic carbocycles. The molecule has 122 valence electrons. The molecule has 0 unspecified atom stereocenters. The topological polar surface area (TPSA) is 67.1 Å². The van der Waals surface area contributed by atoms with Gasteiger partial charge in [0.25, 0.3) is 0 Å². The van der Waals surface area contributed by atoms with Gasteiger partial charge in [-0.1, -0.05) is 0 Å². The minimum atomic E-state index is -0.156. The van der Waals surface area contributed by atoms with Crippen LogP contribution < -0.4 is 24.4 Å². The summed E-state index contributed by atoms with van der Waals surface area (Å²) >= 11 is 0. The molecule has 0 bridgehead atoms. The molecule has 0 saturated heterocycles. The van der Waals surface area contributed by atoms with Crippen LogP contribution in [0.3, 0.4) is 0 Å². The Labute approximate surface area is 137 Å². The average molecular weight is 326 g/mol. The van der Waals surface area contributed by atoms with Gasteiger partial charge in [0, 0.05) is 17.7 Å². The van der Waals surface area contributed by atoms with Gasteiger partial charge in [-0.05, 0) is 18.2 Å². The largest absolute Gasteiger partial charge is 0.497 e. The fourth-order valence-corrected chi connectivity index (χ4v) is 2.72. The van der Waals surface area contributed by atoms with Crippen molar-refractivity contribution in [3.8, 4) is 34.1 Å². The van der Waals surface area contributed by atoms with Crippen LogP contribution in [0, 0.1) is 0 Å². The summed E-state index contributed by atoms with van der Waals surface area (Å²) in [5.41, 5.74) is 1.29. The Morgan fingerprint density at radius 2 is 1.75 bits per heavy atom. The molecular formula is C18H14O6. The molecule has 6 nitrogen and oxygen atoms in total. The molecule has 0 fully saturated rings. The van der Waals surface area contributed by atoms with Gasteiger partial charge in [-0.2, -0.15) is 0 Å². The van der Waals surface area contributed by atoms with Crippen LogP contribution in [0.15, 0.2) is 45.8 Å². The zero-order chi connectivity index (χ0) is 16.7. The Hall–Kier alpha value is -3.15. The first-order chi connectivity index (χ1) is 11.7. The van der Waals surface area contributed by atoms with Crippen molar-refractivity contribution in [3.63, 3.8) is 0 Å². The highest BCUT2D eigenvalue weighted by Gasteiger charge is 2.21. The van der Waals surface area contributed by atoms with Gasteiger partial charge in [0.2, 0.25) is 12.2 Å². The second kappa shape index (κ2) is 5.49. The van der Waals surface area contributed by atoms with E-state index >= 15 is 0 Å². The van der Waals surface area contributed by atoms with Crippen LogP contribution in [0.4, 0.5) is 0 Å². The van der Waals surface area contributed by atoms with Gasteiger partial charge in [0.15, 0.2) is 11.5 Å². The fraction of sp³-hybridized carbons (Fsp3) is 0.167. The van der Waals surface area contributed by atoms with E-state index in [4.69, 9.17) is 23.4 Å². The molecule has 0 aliphatic carbocycles. The van der Waals surface area contributed by atoms with Crippen LogP contribution in [0.1, 0.15) is 0 Å². The number of hydrogen-bond donors (Lipinski definition) is 0. The van der Waals surface area contributed by atoms with Gasteiger partial charge < -0.3 is 23.4 Å². The summed E-state index contributed by atoms with van der Waals surface area (Å²) in [6, 6.07) is 8.51. The Bertz CT molecular complexity index is 989. The molecule has 0 amide bonds. The molecule has 0 atom stereocenters. The smallest absolute Gasteiger partial charge is 0.231 e. The molecule has 6 heteroatoms. The number of fused-ring (bicyclic) bond motifs is 2. The van der Waals surface area contributed by atoms with Crippen molar-refractivity contribution >= 4 is 11.0 Å². The van der Waals surface area contributed by atoms with E-state index in [0.29, 0.717) is 45.1 Å². The van der Waals surface area contributed by atoms with Gasteiger partial charge in [-0.25, -0.2) is 0 Å². The minimum Gasteiger partial charge on any atom is -0.497 e. The van der Waals surface area contributed by atoms with Crippen molar-refractivity contribution in [2.75, 3.05) is 21.0 Å². The van der Waals surface area contributed by atoms with Crippen molar-refractivity contribution < 1.29 is 23.4 Å². The van der Waals surface area contributed by atoms with E-state index in [0.717, 1.165) is 0 Å². The van der Waals surface area contributed by atoms with Crippen LogP contribution in [-0.4, -0.2) is 21.0 Å². The van der Waals surface area contributed by atoms with E-state index in [1.807, 2.05) is 0 Å². The normalized spacial score (nSPS) is 12.4. The van der Waals surface area contributed by atoms with Crippen molar-refractivity contribution in [1.29, 1.82) is 0 Å². The first-order valence-corrected chi connectivity index (χ1v) is 7.29. The zero-order valence-corrected chi connectivity index (χ0v) is 13.1. The van der Waals surface area contributed by atoms with Crippen molar-refractivity contribution in [1.82, 2.24) is 0 Å². The number of rotatable bonds is 3. The Morgan fingerprint density at radius 3 is 2.50 bits per heavy atom. The first-order valence-electron chi connectivity index (χ1n) is 7.29. The van der Waals surface area contributed by atoms with Gasteiger partial charge in [0.05, 0.1) is 25.2 Å².